The number of urea groups is 1. The summed E-state index contributed by atoms with van der Waals surface area (Å²) in [5.41, 5.74) is 1.92. The molecule has 148 valence electrons. The summed E-state index contributed by atoms with van der Waals surface area (Å²) < 4.78 is 5.38. The minimum absolute atomic E-state index is 0.0531. The maximum atomic E-state index is 12.5. The monoisotopic (exact) mass is 382 g/mol. The number of para-hydroxylation sites is 1. The minimum atomic E-state index is -0.0531. The Kier molecular flexibility index (Phi) is 5.57. The topological polar surface area (TPSA) is 73.8 Å². The fourth-order valence-electron chi connectivity index (χ4n) is 3.49. The third kappa shape index (κ3) is 4.17. The first-order chi connectivity index (χ1) is 13.7. The maximum absolute atomic E-state index is 12.5. The molecule has 8 heteroatoms. The summed E-state index contributed by atoms with van der Waals surface area (Å²) in [6, 6.07) is 11.8. The van der Waals surface area contributed by atoms with Crippen molar-refractivity contribution in [3.05, 3.63) is 42.0 Å². The number of ether oxygens (including phenoxy) is 1. The molecule has 0 radical (unpaired) electrons. The van der Waals surface area contributed by atoms with Crippen LogP contribution >= 0.6 is 0 Å². The molecule has 28 heavy (non-hydrogen) atoms. The predicted molar refractivity (Wildman–Crippen MR) is 109 cm³/mol. The van der Waals surface area contributed by atoms with Crippen LogP contribution < -0.4 is 15.1 Å². The third-order valence-electron chi connectivity index (χ3n) is 5.25. The molecule has 8 nitrogen and oxygen atoms in total. The third-order valence-corrected chi connectivity index (χ3v) is 5.25. The first kappa shape index (κ1) is 18.5. The average molecular weight is 382 g/mol. The van der Waals surface area contributed by atoms with Gasteiger partial charge in [0.25, 0.3) is 0 Å². The number of hydrogen-bond acceptors (Lipinski definition) is 6. The number of amides is 2. The Hall–Kier alpha value is -2.87. The number of carbonyl (C=O) groups excluding carboxylic acids is 1. The van der Waals surface area contributed by atoms with Crippen molar-refractivity contribution >= 4 is 23.4 Å². The molecule has 2 amide bonds. The summed E-state index contributed by atoms with van der Waals surface area (Å²) in [5, 5.41) is 11.8. The van der Waals surface area contributed by atoms with Crippen LogP contribution in [-0.4, -0.2) is 73.6 Å². The lowest BCUT2D eigenvalue weighted by molar-refractivity contribution is 0.122. The molecule has 2 saturated heterocycles. The summed E-state index contributed by atoms with van der Waals surface area (Å²) in [7, 11) is 0. The van der Waals surface area contributed by atoms with E-state index in [9.17, 15) is 4.79 Å². The van der Waals surface area contributed by atoms with Gasteiger partial charge in [-0.05, 0) is 30.7 Å². The number of hydrogen-bond donors (Lipinski definition) is 1. The van der Waals surface area contributed by atoms with Crippen LogP contribution in [0.15, 0.2) is 36.4 Å². The average Bonchev–Trinajstić information content (AvgIpc) is 2.76. The van der Waals surface area contributed by atoms with Crippen molar-refractivity contribution in [2.24, 2.45) is 0 Å². The quantitative estimate of drug-likeness (QED) is 0.875. The molecule has 1 aromatic heterocycles. The Morgan fingerprint density at radius 2 is 1.50 bits per heavy atom. The second kappa shape index (κ2) is 8.43. The lowest BCUT2D eigenvalue weighted by Gasteiger charge is -2.35. The number of anilines is 3. The van der Waals surface area contributed by atoms with Crippen molar-refractivity contribution < 1.29 is 9.53 Å². The van der Waals surface area contributed by atoms with E-state index in [1.165, 1.54) is 0 Å². The molecule has 0 saturated carbocycles. The summed E-state index contributed by atoms with van der Waals surface area (Å²) in [5.74, 6) is 1.75. The fraction of sp³-hybridized carbons (Fsp3) is 0.450. The molecule has 1 N–H and O–H groups in total. The molecular formula is C20H26N6O2. The SMILES string of the molecule is Cc1ccccc1NC(=O)N1CCN(c2ccc(N3CCOCC3)nn2)CC1. The van der Waals surface area contributed by atoms with Crippen molar-refractivity contribution in [1.82, 2.24) is 15.1 Å². The highest BCUT2D eigenvalue weighted by Gasteiger charge is 2.23. The second-order valence-corrected chi connectivity index (χ2v) is 7.07. The van der Waals surface area contributed by atoms with E-state index in [2.05, 4.69) is 25.3 Å². The van der Waals surface area contributed by atoms with E-state index in [1.807, 2.05) is 48.2 Å². The van der Waals surface area contributed by atoms with Gasteiger partial charge in [0.05, 0.1) is 13.2 Å². The van der Waals surface area contributed by atoms with E-state index in [1.54, 1.807) is 0 Å². The molecule has 2 aliphatic heterocycles. The lowest BCUT2D eigenvalue weighted by Crippen LogP contribution is -2.50. The van der Waals surface area contributed by atoms with Gasteiger partial charge in [-0.1, -0.05) is 18.2 Å². The van der Waals surface area contributed by atoms with Crippen molar-refractivity contribution in [2.45, 2.75) is 6.92 Å². The molecule has 0 aliphatic carbocycles. The molecular weight excluding hydrogens is 356 g/mol. The molecule has 4 rings (SSSR count). The van der Waals surface area contributed by atoms with Crippen molar-refractivity contribution in [3.63, 3.8) is 0 Å². The standard InChI is InChI=1S/C20H26N6O2/c1-16-4-2-3-5-17(16)21-20(27)26-10-8-24(9-11-26)18-6-7-19(23-22-18)25-12-14-28-15-13-25/h2-7H,8-15H2,1H3,(H,21,27). The number of piperazine rings is 1. The summed E-state index contributed by atoms with van der Waals surface area (Å²) in [4.78, 5) is 18.7. The van der Waals surface area contributed by atoms with E-state index >= 15 is 0 Å². The first-order valence-electron chi connectivity index (χ1n) is 9.73. The van der Waals surface area contributed by atoms with E-state index in [0.717, 1.165) is 62.3 Å². The molecule has 2 aromatic rings. The Bertz CT molecular complexity index is 799. The van der Waals surface area contributed by atoms with Crippen LogP contribution in [0.2, 0.25) is 0 Å². The molecule has 1 aromatic carbocycles. The molecule has 2 aliphatic rings. The van der Waals surface area contributed by atoms with Gasteiger partial charge < -0.3 is 24.8 Å². The number of benzene rings is 1. The molecule has 2 fully saturated rings. The Balaban J connectivity index is 1.31. The van der Waals surface area contributed by atoms with Gasteiger partial charge in [0.2, 0.25) is 0 Å². The predicted octanol–water partition coefficient (Wildman–Crippen LogP) is 1.98. The van der Waals surface area contributed by atoms with Crippen molar-refractivity contribution in [1.29, 1.82) is 0 Å². The Labute approximate surface area is 165 Å². The van der Waals surface area contributed by atoms with Crippen LogP contribution in [0.25, 0.3) is 0 Å². The van der Waals surface area contributed by atoms with Gasteiger partial charge in [-0.15, -0.1) is 10.2 Å². The van der Waals surface area contributed by atoms with Crippen molar-refractivity contribution in [2.75, 3.05) is 67.6 Å². The number of aryl methyl sites for hydroxylation is 1. The summed E-state index contributed by atoms with van der Waals surface area (Å²) >= 11 is 0. The van der Waals surface area contributed by atoms with Gasteiger partial charge in [-0.3, -0.25) is 0 Å². The van der Waals surface area contributed by atoms with Gasteiger partial charge in [0.15, 0.2) is 11.6 Å². The maximum Gasteiger partial charge on any atom is 0.321 e. The zero-order chi connectivity index (χ0) is 19.3. The van der Waals surface area contributed by atoms with Gasteiger partial charge in [-0.25, -0.2) is 4.79 Å². The lowest BCUT2D eigenvalue weighted by atomic mass is 10.2. The van der Waals surface area contributed by atoms with Crippen LogP contribution in [0.1, 0.15) is 5.56 Å². The fourth-order valence-corrected chi connectivity index (χ4v) is 3.49. The van der Waals surface area contributed by atoms with Gasteiger partial charge in [0.1, 0.15) is 0 Å². The van der Waals surface area contributed by atoms with E-state index in [0.29, 0.717) is 13.1 Å². The highest BCUT2D eigenvalue weighted by atomic mass is 16.5. The summed E-state index contributed by atoms with van der Waals surface area (Å²) in [6.45, 7) is 7.96. The van der Waals surface area contributed by atoms with Gasteiger partial charge in [0, 0.05) is 45.0 Å². The minimum Gasteiger partial charge on any atom is -0.378 e. The molecule has 0 unspecified atom stereocenters. The number of nitrogens with one attached hydrogen (secondary N) is 1. The number of morpholine rings is 1. The number of carbonyl (C=O) groups is 1. The normalized spacial score (nSPS) is 17.5. The Morgan fingerprint density at radius 1 is 0.893 bits per heavy atom. The van der Waals surface area contributed by atoms with Crippen LogP contribution in [0, 0.1) is 6.92 Å². The van der Waals surface area contributed by atoms with E-state index in [-0.39, 0.29) is 6.03 Å². The summed E-state index contributed by atoms with van der Waals surface area (Å²) in [6.07, 6.45) is 0. The van der Waals surface area contributed by atoms with Crippen LogP contribution in [0.3, 0.4) is 0 Å². The van der Waals surface area contributed by atoms with E-state index in [4.69, 9.17) is 4.74 Å². The van der Waals surface area contributed by atoms with Crippen molar-refractivity contribution in [3.8, 4) is 0 Å². The number of nitrogens with zero attached hydrogens (tertiary/aromatic N) is 5. The smallest absolute Gasteiger partial charge is 0.321 e. The van der Waals surface area contributed by atoms with Crippen LogP contribution in [0.5, 0.6) is 0 Å². The molecule has 0 bridgehead atoms. The van der Waals surface area contributed by atoms with Gasteiger partial charge >= 0.3 is 6.03 Å². The molecule has 0 atom stereocenters. The van der Waals surface area contributed by atoms with E-state index < -0.39 is 0 Å². The highest BCUT2D eigenvalue weighted by Crippen LogP contribution is 2.18. The number of rotatable bonds is 3. The second-order valence-electron chi connectivity index (χ2n) is 7.07. The largest absolute Gasteiger partial charge is 0.378 e. The van der Waals surface area contributed by atoms with Crippen LogP contribution in [-0.2, 0) is 4.74 Å². The number of aromatic nitrogens is 2. The van der Waals surface area contributed by atoms with Gasteiger partial charge in [-0.2, -0.15) is 0 Å². The van der Waals surface area contributed by atoms with Crippen LogP contribution in [0.4, 0.5) is 22.1 Å². The first-order valence-corrected chi connectivity index (χ1v) is 9.73. The zero-order valence-electron chi connectivity index (χ0n) is 16.2. The highest BCUT2D eigenvalue weighted by molar-refractivity contribution is 5.90. The molecule has 0 spiro atoms. The molecule has 3 heterocycles. The zero-order valence-corrected chi connectivity index (χ0v) is 16.2. The Morgan fingerprint density at radius 3 is 2.11 bits per heavy atom.